The molecule has 0 bridgehead atoms. The van der Waals surface area contributed by atoms with E-state index in [2.05, 4.69) is 12.0 Å². The minimum absolute atomic E-state index is 0.0627. The van der Waals surface area contributed by atoms with Crippen molar-refractivity contribution in [2.24, 2.45) is 0 Å². The maximum atomic E-state index is 5.86. The van der Waals surface area contributed by atoms with Crippen LogP contribution in [-0.4, -0.2) is 16.4 Å². The molecule has 2 aromatic rings. The van der Waals surface area contributed by atoms with Crippen LogP contribution in [0.5, 0.6) is 5.75 Å². The molecular weight excluding hydrogens is 214 g/mol. The van der Waals surface area contributed by atoms with Crippen LogP contribution >= 0.6 is 0 Å². The highest BCUT2D eigenvalue weighted by molar-refractivity contribution is 5.38. The van der Waals surface area contributed by atoms with Gasteiger partial charge >= 0.3 is 0 Å². The van der Waals surface area contributed by atoms with Gasteiger partial charge in [0.25, 0.3) is 0 Å². The normalized spacial score (nSPS) is 12.4. The van der Waals surface area contributed by atoms with Crippen LogP contribution in [0.25, 0.3) is 0 Å². The van der Waals surface area contributed by atoms with Crippen LogP contribution in [-0.2, 0) is 0 Å². The third-order valence-corrected chi connectivity index (χ3v) is 2.74. The average Bonchev–Trinajstić information content (AvgIpc) is 2.76. The number of benzene rings is 1. The number of hydrogen-bond acceptors (Lipinski definition) is 3. The minimum atomic E-state index is 0.0627. The Labute approximate surface area is 101 Å². The van der Waals surface area contributed by atoms with Crippen molar-refractivity contribution in [2.75, 3.05) is 12.3 Å². The predicted octanol–water partition coefficient (Wildman–Crippen LogP) is 2.47. The molecule has 1 aromatic carbocycles. The van der Waals surface area contributed by atoms with Crippen molar-refractivity contribution in [2.45, 2.75) is 19.9 Å². The average molecular weight is 231 g/mol. The van der Waals surface area contributed by atoms with Crippen LogP contribution in [0.1, 0.15) is 25.5 Å². The van der Waals surface area contributed by atoms with E-state index in [0.717, 1.165) is 11.3 Å². The second-order valence-electron chi connectivity index (χ2n) is 3.85. The zero-order valence-corrected chi connectivity index (χ0v) is 10.1. The van der Waals surface area contributed by atoms with Crippen molar-refractivity contribution >= 4 is 5.82 Å². The zero-order chi connectivity index (χ0) is 12.3. The van der Waals surface area contributed by atoms with Crippen LogP contribution in [0, 0.1) is 0 Å². The van der Waals surface area contributed by atoms with E-state index in [1.807, 2.05) is 31.2 Å². The second-order valence-corrected chi connectivity index (χ2v) is 3.85. The van der Waals surface area contributed by atoms with Gasteiger partial charge in [0, 0.05) is 5.56 Å². The molecule has 0 aliphatic carbocycles. The summed E-state index contributed by atoms with van der Waals surface area (Å²) in [6.07, 6.45) is 1.70. The molecule has 90 valence electrons. The Hall–Kier alpha value is -1.97. The minimum Gasteiger partial charge on any atom is -0.494 e. The first-order valence-corrected chi connectivity index (χ1v) is 5.74. The number of rotatable bonds is 4. The standard InChI is InChI=1S/C13H17N3O/c1-3-17-12-7-5-4-6-11(12)10(2)16-13(14)8-9-15-16/h4-10H,3,14H2,1-2H3. The Morgan fingerprint density at radius 2 is 2.12 bits per heavy atom. The van der Waals surface area contributed by atoms with Crippen molar-refractivity contribution in [1.29, 1.82) is 0 Å². The van der Waals surface area contributed by atoms with Crippen molar-refractivity contribution in [1.82, 2.24) is 9.78 Å². The van der Waals surface area contributed by atoms with Gasteiger partial charge in [0.2, 0.25) is 0 Å². The fourth-order valence-corrected chi connectivity index (χ4v) is 1.89. The maximum Gasteiger partial charge on any atom is 0.124 e. The molecule has 0 aliphatic heterocycles. The van der Waals surface area contributed by atoms with Crippen molar-refractivity contribution in [3.63, 3.8) is 0 Å². The van der Waals surface area contributed by atoms with Crippen LogP contribution in [0.15, 0.2) is 36.5 Å². The summed E-state index contributed by atoms with van der Waals surface area (Å²) in [5.41, 5.74) is 6.95. The highest BCUT2D eigenvalue weighted by Gasteiger charge is 2.14. The number of nitrogens with zero attached hydrogens (tertiary/aromatic N) is 2. The first kappa shape index (κ1) is 11.5. The third kappa shape index (κ3) is 2.25. The molecule has 0 amide bonds. The lowest BCUT2D eigenvalue weighted by atomic mass is 10.1. The van der Waals surface area contributed by atoms with E-state index >= 15 is 0 Å². The van der Waals surface area contributed by atoms with Crippen LogP contribution in [0.3, 0.4) is 0 Å². The Kier molecular flexibility index (Phi) is 3.32. The van der Waals surface area contributed by atoms with E-state index in [1.54, 1.807) is 16.9 Å². The summed E-state index contributed by atoms with van der Waals surface area (Å²) in [6, 6.07) is 9.82. The molecule has 1 unspecified atom stereocenters. The lowest BCUT2D eigenvalue weighted by Crippen LogP contribution is -2.12. The molecule has 1 heterocycles. The van der Waals surface area contributed by atoms with Gasteiger partial charge in [0.15, 0.2) is 0 Å². The Balaban J connectivity index is 2.37. The lowest BCUT2D eigenvalue weighted by molar-refractivity contribution is 0.332. The first-order valence-electron chi connectivity index (χ1n) is 5.74. The van der Waals surface area contributed by atoms with E-state index in [1.165, 1.54) is 0 Å². The predicted molar refractivity (Wildman–Crippen MR) is 68.1 cm³/mol. The summed E-state index contributed by atoms with van der Waals surface area (Å²) >= 11 is 0. The Bertz CT molecular complexity index is 493. The number of para-hydroxylation sites is 1. The Morgan fingerprint density at radius 1 is 1.35 bits per heavy atom. The zero-order valence-electron chi connectivity index (χ0n) is 10.1. The fourth-order valence-electron chi connectivity index (χ4n) is 1.89. The van der Waals surface area contributed by atoms with Gasteiger partial charge in [-0.05, 0) is 26.0 Å². The molecule has 1 atom stereocenters. The van der Waals surface area contributed by atoms with Crippen molar-refractivity contribution < 1.29 is 4.74 Å². The van der Waals surface area contributed by atoms with Gasteiger partial charge < -0.3 is 10.5 Å². The highest BCUT2D eigenvalue weighted by atomic mass is 16.5. The number of anilines is 1. The number of nitrogen functional groups attached to an aromatic ring is 1. The van der Waals surface area contributed by atoms with Gasteiger partial charge in [-0.25, -0.2) is 4.68 Å². The lowest BCUT2D eigenvalue weighted by Gasteiger charge is -2.17. The summed E-state index contributed by atoms with van der Waals surface area (Å²) in [7, 11) is 0. The van der Waals surface area contributed by atoms with E-state index in [9.17, 15) is 0 Å². The molecular formula is C13H17N3O. The largest absolute Gasteiger partial charge is 0.494 e. The topological polar surface area (TPSA) is 53.1 Å². The van der Waals surface area contributed by atoms with Gasteiger partial charge in [-0.15, -0.1) is 0 Å². The SMILES string of the molecule is CCOc1ccccc1C(C)n1nccc1N. The van der Waals surface area contributed by atoms with E-state index in [-0.39, 0.29) is 6.04 Å². The Morgan fingerprint density at radius 3 is 2.76 bits per heavy atom. The van der Waals surface area contributed by atoms with E-state index in [0.29, 0.717) is 12.4 Å². The number of nitrogens with two attached hydrogens (primary N) is 1. The van der Waals surface area contributed by atoms with Crippen LogP contribution < -0.4 is 10.5 Å². The molecule has 2 N–H and O–H groups in total. The van der Waals surface area contributed by atoms with Gasteiger partial charge in [-0.1, -0.05) is 18.2 Å². The summed E-state index contributed by atoms with van der Waals surface area (Å²) < 4.78 is 7.40. The molecule has 0 fully saturated rings. The molecule has 0 saturated heterocycles. The monoisotopic (exact) mass is 231 g/mol. The summed E-state index contributed by atoms with van der Waals surface area (Å²) in [4.78, 5) is 0. The quantitative estimate of drug-likeness (QED) is 0.879. The third-order valence-electron chi connectivity index (χ3n) is 2.74. The fraction of sp³-hybridized carbons (Fsp3) is 0.308. The molecule has 0 spiro atoms. The van der Waals surface area contributed by atoms with Crippen molar-refractivity contribution in [3.8, 4) is 5.75 Å². The van der Waals surface area contributed by atoms with Crippen LogP contribution in [0.2, 0.25) is 0 Å². The van der Waals surface area contributed by atoms with Gasteiger partial charge in [0.05, 0.1) is 18.8 Å². The van der Waals surface area contributed by atoms with E-state index in [4.69, 9.17) is 10.5 Å². The maximum absolute atomic E-state index is 5.86. The first-order chi connectivity index (χ1) is 8.24. The van der Waals surface area contributed by atoms with Crippen LogP contribution in [0.4, 0.5) is 5.82 Å². The molecule has 4 heteroatoms. The number of aromatic nitrogens is 2. The molecule has 17 heavy (non-hydrogen) atoms. The summed E-state index contributed by atoms with van der Waals surface area (Å²) in [6.45, 7) is 4.68. The smallest absolute Gasteiger partial charge is 0.124 e. The molecule has 4 nitrogen and oxygen atoms in total. The molecule has 0 radical (unpaired) electrons. The molecule has 2 rings (SSSR count). The van der Waals surface area contributed by atoms with Crippen molar-refractivity contribution in [3.05, 3.63) is 42.1 Å². The van der Waals surface area contributed by atoms with Gasteiger partial charge in [-0.3, -0.25) is 0 Å². The summed E-state index contributed by atoms with van der Waals surface area (Å²) in [5, 5.41) is 4.23. The van der Waals surface area contributed by atoms with E-state index < -0.39 is 0 Å². The molecule has 0 saturated carbocycles. The highest BCUT2D eigenvalue weighted by Crippen LogP contribution is 2.28. The van der Waals surface area contributed by atoms with Gasteiger partial charge in [0.1, 0.15) is 11.6 Å². The second kappa shape index (κ2) is 4.91. The number of ether oxygens (including phenoxy) is 1. The molecule has 1 aromatic heterocycles. The summed E-state index contributed by atoms with van der Waals surface area (Å²) in [5.74, 6) is 1.54. The van der Waals surface area contributed by atoms with Gasteiger partial charge in [-0.2, -0.15) is 5.10 Å². The molecule has 0 aliphatic rings. The number of hydrogen-bond donors (Lipinski definition) is 1.